The fraction of sp³-hybridized carbons (Fsp3) is 0.864. The second-order valence-corrected chi connectivity index (χ2v) is 21.2. The molecule has 0 aromatic rings. The minimum Gasteiger partial charge on any atom is -0.481 e. The molecule has 1 aliphatic heterocycles. The van der Waals surface area contributed by atoms with Crippen LogP contribution in [0.25, 0.3) is 0 Å². The molecule has 1 spiro atoms. The molecule has 0 aromatic heterocycles. The van der Waals surface area contributed by atoms with Crippen LogP contribution in [0.15, 0.2) is 23.8 Å². The highest BCUT2D eigenvalue weighted by molar-refractivity contribution is 5.79. The number of aliphatic hydroxyl groups is 3. The Labute approximate surface area is 326 Å². The molecule has 8 rings (SSSR count). The van der Waals surface area contributed by atoms with Crippen molar-refractivity contribution in [1.82, 2.24) is 5.32 Å². The predicted octanol–water partition coefficient (Wildman–Crippen LogP) is 5.02. The number of carboxylic acid groups (broad SMARTS) is 2. The summed E-state index contributed by atoms with van der Waals surface area (Å²) in [7, 11) is 3.72. The van der Waals surface area contributed by atoms with Crippen molar-refractivity contribution >= 4 is 11.9 Å². The molecule has 55 heavy (non-hydrogen) atoms. The van der Waals surface area contributed by atoms with E-state index in [9.17, 15) is 35.1 Å². The Morgan fingerprint density at radius 3 is 2.36 bits per heavy atom. The highest BCUT2D eigenvalue weighted by Gasteiger charge is 2.78. The van der Waals surface area contributed by atoms with Crippen LogP contribution in [0.1, 0.15) is 99.3 Å². The number of allylic oxidation sites excluding steroid dienone is 4. The zero-order valence-electron chi connectivity index (χ0n) is 34.2. The summed E-state index contributed by atoms with van der Waals surface area (Å²) in [5.74, 6) is -0.794. The number of aliphatic carboxylic acids is 2. The molecule has 6 fully saturated rings. The number of fused-ring (bicyclic) bond motifs is 3. The van der Waals surface area contributed by atoms with Crippen molar-refractivity contribution < 1.29 is 49.3 Å². The molecule has 0 radical (unpaired) electrons. The third-order valence-electron chi connectivity index (χ3n) is 18.6. The summed E-state index contributed by atoms with van der Waals surface area (Å²) >= 11 is 0. The topological polar surface area (TPSA) is 175 Å². The number of hydrogen-bond acceptors (Lipinski definition) is 9. The van der Waals surface area contributed by atoms with Crippen molar-refractivity contribution in [3.63, 3.8) is 0 Å². The lowest BCUT2D eigenvalue weighted by molar-refractivity contribution is -0.335. The maximum atomic E-state index is 14.0. The first-order valence-corrected chi connectivity index (χ1v) is 21.1. The Morgan fingerprint density at radius 2 is 1.71 bits per heavy atom. The van der Waals surface area contributed by atoms with Gasteiger partial charge in [-0.2, -0.15) is 0 Å². The Balaban J connectivity index is 1.24. The zero-order chi connectivity index (χ0) is 39.9. The fourth-order valence-electron chi connectivity index (χ4n) is 16.5. The van der Waals surface area contributed by atoms with Gasteiger partial charge >= 0.3 is 11.9 Å². The quantitative estimate of drug-likeness (QED) is 0.145. The number of aliphatic hydroxyl groups excluding tert-OH is 3. The summed E-state index contributed by atoms with van der Waals surface area (Å²) < 4.78 is 18.2. The highest BCUT2D eigenvalue weighted by Crippen LogP contribution is 2.82. The monoisotopic (exact) mass is 769 g/mol. The maximum absolute atomic E-state index is 14.0. The van der Waals surface area contributed by atoms with E-state index in [1.165, 1.54) is 5.57 Å². The Morgan fingerprint density at radius 1 is 0.982 bits per heavy atom. The summed E-state index contributed by atoms with van der Waals surface area (Å²) in [5.41, 5.74) is -0.926. The minimum absolute atomic E-state index is 0.000350. The van der Waals surface area contributed by atoms with Crippen LogP contribution >= 0.6 is 0 Å². The molecule has 5 saturated carbocycles. The van der Waals surface area contributed by atoms with Crippen LogP contribution in [-0.2, 0) is 23.8 Å². The molecule has 11 heteroatoms. The van der Waals surface area contributed by atoms with E-state index in [2.05, 4.69) is 65.1 Å². The van der Waals surface area contributed by atoms with E-state index in [0.717, 1.165) is 51.5 Å². The lowest BCUT2D eigenvalue weighted by atomic mass is 9.26. The Bertz CT molecular complexity index is 1650. The first kappa shape index (κ1) is 39.9. The summed E-state index contributed by atoms with van der Waals surface area (Å²) in [6.07, 6.45) is 6.46. The van der Waals surface area contributed by atoms with E-state index in [-0.39, 0.29) is 51.2 Å². The first-order chi connectivity index (χ1) is 25.7. The SMILES string of the molecule is CNC[C@@H]1C[C@H]2C=C3[C@@]45C=CC[C@@](C)(C[C@H](COC)[C@]4(C(=O)O)CC[C@@]3(C)[C@]3(C)CC[C@H]4C(C)(C)[C@@H](O[C@@H]6O[C@H](C(=O)O)[C@@H](O)[C@H](O)[C@H]6O)C[C@@H]1[C@]4(C)[C@@H]23)C5. The summed E-state index contributed by atoms with van der Waals surface area (Å²) in [6, 6.07) is 0. The van der Waals surface area contributed by atoms with Crippen molar-refractivity contribution in [3.05, 3.63) is 23.8 Å². The molecule has 0 aromatic carbocycles. The number of methoxy groups -OCH3 is 1. The van der Waals surface area contributed by atoms with E-state index >= 15 is 0 Å². The van der Waals surface area contributed by atoms with E-state index in [4.69, 9.17) is 14.2 Å². The minimum atomic E-state index is -1.77. The van der Waals surface area contributed by atoms with E-state index < -0.39 is 65.0 Å². The van der Waals surface area contributed by atoms with Crippen molar-refractivity contribution in [2.24, 2.45) is 73.4 Å². The average molecular weight is 770 g/mol. The molecule has 1 saturated heterocycles. The van der Waals surface area contributed by atoms with Gasteiger partial charge in [0.05, 0.1) is 18.1 Å². The largest absolute Gasteiger partial charge is 0.481 e. The van der Waals surface area contributed by atoms with Crippen LogP contribution in [0, 0.1) is 73.4 Å². The van der Waals surface area contributed by atoms with Crippen molar-refractivity contribution in [3.8, 4) is 0 Å². The van der Waals surface area contributed by atoms with Crippen molar-refractivity contribution in [2.45, 2.75) is 136 Å². The number of carboxylic acids is 2. The Hall–Kier alpha value is -1.86. The molecule has 2 bridgehead atoms. The van der Waals surface area contributed by atoms with Gasteiger partial charge in [0, 0.05) is 18.4 Å². The third-order valence-corrected chi connectivity index (χ3v) is 18.6. The van der Waals surface area contributed by atoms with Crippen LogP contribution < -0.4 is 5.32 Å². The van der Waals surface area contributed by atoms with Crippen molar-refractivity contribution in [1.29, 1.82) is 0 Å². The molecular formula is C44H67NO10. The van der Waals surface area contributed by atoms with Gasteiger partial charge in [0.15, 0.2) is 12.4 Å². The summed E-state index contributed by atoms with van der Waals surface area (Å²) in [4.78, 5) is 26.0. The number of rotatable bonds is 8. The van der Waals surface area contributed by atoms with Gasteiger partial charge < -0.3 is 45.1 Å². The Kier molecular flexibility index (Phi) is 9.31. The van der Waals surface area contributed by atoms with Crippen LogP contribution in [0.3, 0.4) is 0 Å². The van der Waals surface area contributed by atoms with E-state index in [0.29, 0.717) is 25.4 Å². The summed E-state index contributed by atoms with van der Waals surface area (Å²) in [5, 5.41) is 56.9. The number of hydrogen-bond donors (Lipinski definition) is 6. The van der Waals surface area contributed by atoms with Gasteiger partial charge in [0.1, 0.15) is 18.3 Å². The third kappa shape index (κ3) is 4.99. The molecule has 0 unspecified atom stereocenters. The molecule has 308 valence electrons. The van der Waals surface area contributed by atoms with E-state index in [1.807, 2.05) is 7.05 Å². The number of ether oxygens (including phenoxy) is 3. The van der Waals surface area contributed by atoms with Crippen LogP contribution in [-0.4, -0.2) is 102 Å². The predicted molar refractivity (Wildman–Crippen MR) is 203 cm³/mol. The van der Waals surface area contributed by atoms with Crippen LogP contribution in [0.4, 0.5) is 0 Å². The van der Waals surface area contributed by atoms with Gasteiger partial charge in [0.25, 0.3) is 0 Å². The molecule has 11 nitrogen and oxygen atoms in total. The standard InChI is InChI=1S/C44H67NO10/c1-38(2)27-10-13-41(5)34-23(17-28-40(41,4)14-15-44(37(51)52)25(21-53-8)19-39(3)11-9-12-43(28,44)22-39)16-24(20-45-7)26(42(27,34)6)18-29(38)54-36-32(48)30(46)31(47)33(55-36)35(49)50/h9,12,17,23-27,29-34,36,45-48H,10-11,13-16,18-22H2,1-8H3,(H,49,50)(H,51,52)/t23-,24-,25+,26-,27-,29-,30-,31-,32+,33-,34-,36+,39-,40+,41+,42-,43-,44-/m0/s1. The summed E-state index contributed by atoms with van der Waals surface area (Å²) in [6.45, 7) is 15.7. The van der Waals surface area contributed by atoms with Crippen molar-refractivity contribution in [2.75, 3.05) is 27.3 Å². The molecule has 8 aliphatic rings. The van der Waals surface area contributed by atoms with Gasteiger partial charge in [-0.15, -0.1) is 0 Å². The maximum Gasteiger partial charge on any atom is 0.335 e. The average Bonchev–Trinajstić information content (AvgIpc) is 3.09. The lowest BCUT2D eigenvalue weighted by Gasteiger charge is -2.78. The molecule has 18 atom stereocenters. The van der Waals surface area contributed by atoms with Crippen LogP contribution in [0.2, 0.25) is 0 Å². The fourth-order valence-corrected chi connectivity index (χ4v) is 16.5. The van der Waals surface area contributed by atoms with Gasteiger partial charge in [-0.25, -0.2) is 4.79 Å². The van der Waals surface area contributed by atoms with Crippen LogP contribution in [0.5, 0.6) is 0 Å². The first-order valence-electron chi connectivity index (χ1n) is 21.1. The number of carbonyl (C=O) groups is 2. The molecule has 7 aliphatic carbocycles. The zero-order valence-corrected chi connectivity index (χ0v) is 34.2. The van der Waals surface area contributed by atoms with E-state index in [1.54, 1.807) is 7.11 Å². The smallest absolute Gasteiger partial charge is 0.335 e. The van der Waals surface area contributed by atoms with Gasteiger partial charge in [-0.1, -0.05) is 65.3 Å². The van der Waals surface area contributed by atoms with Gasteiger partial charge in [-0.3, -0.25) is 4.79 Å². The molecule has 6 N–H and O–H groups in total. The van der Waals surface area contributed by atoms with Gasteiger partial charge in [0.2, 0.25) is 0 Å². The second-order valence-electron chi connectivity index (χ2n) is 21.2. The highest BCUT2D eigenvalue weighted by atomic mass is 16.7. The molecular weight excluding hydrogens is 702 g/mol. The normalized spacial score (nSPS) is 54.6. The second kappa shape index (κ2) is 12.8. The molecule has 1 heterocycles. The van der Waals surface area contributed by atoms with Gasteiger partial charge in [-0.05, 0) is 128 Å². The molecule has 0 amide bonds. The number of nitrogens with one attached hydrogen (secondary N) is 1. The lowest BCUT2D eigenvalue weighted by Crippen LogP contribution is -2.73.